The molecule has 0 aliphatic heterocycles. The molecule has 6 heteroatoms. The van der Waals surface area contributed by atoms with Gasteiger partial charge in [0.05, 0.1) is 5.56 Å². The number of nitrogens with two attached hydrogens (primary N) is 2. The van der Waals surface area contributed by atoms with Crippen molar-refractivity contribution < 1.29 is 9.18 Å². The van der Waals surface area contributed by atoms with E-state index in [9.17, 15) is 9.18 Å². The normalized spacial score (nSPS) is 10.6. The molecule has 5 nitrogen and oxygen atoms in total. The Balaban J connectivity index is 2.84. The molecule has 2 aromatic heterocycles. The van der Waals surface area contributed by atoms with Gasteiger partial charge in [0.25, 0.3) is 5.91 Å². The first kappa shape index (κ1) is 10.3. The van der Waals surface area contributed by atoms with Crippen molar-refractivity contribution in [1.82, 2.24) is 9.97 Å². The van der Waals surface area contributed by atoms with Crippen molar-refractivity contribution in [2.75, 3.05) is 5.73 Å². The Morgan fingerprint density at radius 3 is 2.69 bits per heavy atom. The second kappa shape index (κ2) is 3.41. The molecule has 0 bridgehead atoms. The summed E-state index contributed by atoms with van der Waals surface area (Å²) in [6, 6.07) is 3.02. The molecule has 0 radical (unpaired) electrons. The van der Waals surface area contributed by atoms with E-state index in [2.05, 4.69) is 9.97 Å². The molecule has 0 aromatic carbocycles. The molecule has 0 aliphatic carbocycles. The molecule has 0 spiro atoms. The number of carbonyl (C=O) groups excluding carboxylic acids is 1. The number of primary amides is 1. The van der Waals surface area contributed by atoms with Gasteiger partial charge in [-0.15, -0.1) is 0 Å². The molecule has 82 valence electrons. The van der Waals surface area contributed by atoms with Crippen molar-refractivity contribution in [3.05, 3.63) is 29.3 Å². The maximum Gasteiger partial charge on any atom is 0.252 e. The molecule has 0 fully saturated rings. The van der Waals surface area contributed by atoms with Crippen LogP contribution < -0.4 is 11.5 Å². The quantitative estimate of drug-likeness (QED) is 0.693. The Morgan fingerprint density at radius 2 is 2.06 bits per heavy atom. The number of carbonyl (C=O) groups is 1. The third-order valence-corrected chi connectivity index (χ3v) is 2.18. The lowest BCUT2D eigenvalue weighted by Crippen LogP contribution is -2.14. The van der Waals surface area contributed by atoms with Crippen LogP contribution in [0, 0.1) is 12.9 Å². The summed E-state index contributed by atoms with van der Waals surface area (Å²) in [5, 5.41) is 0.452. The van der Waals surface area contributed by atoms with Crippen LogP contribution in [-0.2, 0) is 0 Å². The zero-order valence-corrected chi connectivity index (χ0v) is 8.49. The van der Waals surface area contributed by atoms with Crippen LogP contribution in [0.2, 0.25) is 0 Å². The third kappa shape index (κ3) is 1.54. The number of pyridine rings is 2. The number of nitrogens with zero attached hydrogens (tertiary/aromatic N) is 2. The smallest absolute Gasteiger partial charge is 0.252 e. The van der Waals surface area contributed by atoms with E-state index < -0.39 is 11.9 Å². The number of amides is 1. The summed E-state index contributed by atoms with van der Waals surface area (Å²) < 4.78 is 13.4. The van der Waals surface area contributed by atoms with Crippen LogP contribution in [0.5, 0.6) is 0 Å². The van der Waals surface area contributed by atoms with Gasteiger partial charge >= 0.3 is 0 Å². The fourth-order valence-corrected chi connectivity index (χ4v) is 1.48. The number of hydrogen-bond acceptors (Lipinski definition) is 4. The standard InChI is InChI=1S/C10H9FN4O/c1-4-2-5-3-6(10(13)16)9(12)15-7(5)8(11)14-4/h2-3H,1H3,(H2,12,15)(H2,13,16). The number of aryl methyl sites for hydroxylation is 1. The molecule has 1 amide bonds. The maximum absolute atomic E-state index is 13.4. The van der Waals surface area contributed by atoms with Crippen molar-refractivity contribution in [3.8, 4) is 0 Å². The van der Waals surface area contributed by atoms with Gasteiger partial charge < -0.3 is 11.5 Å². The van der Waals surface area contributed by atoms with Gasteiger partial charge in [0.1, 0.15) is 11.3 Å². The van der Waals surface area contributed by atoms with Crippen molar-refractivity contribution in [1.29, 1.82) is 0 Å². The second-order valence-electron chi connectivity index (χ2n) is 3.41. The van der Waals surface area contributed by atoms with E-state index in [0.29, 0.717) is 11.1 Å². The average Bonchev–Trinajstić information content (AvgIpc) is 2.18. The number of aromatic nitrogens is 2. The molecule has 2 aromatic rings. The van der Waals surface area contributed by atoms with Gasteiger partial charge in [-0.2, -0.15) is 4.39 Å². The van der Waals surface area contributed by atoms with Gasteiger partial charge in [0.15, 0.2) is 0 Å². The maximum atomic E-state index is 13.4. The number of hydrogen-bond donors (Lipinski definition) is 2. The number of fused-ring (bicyclic) bond motifs is 1. The molecule has 0 saturated heterocycles. The molecule has 2 heterocycles. The Labute approximate surface area is 90.3 Å². The number of rotatable bonds is 1. The van der Waals surface area contributed by atoms with Crippen LogP contribution in [0.1, 0.15) is 16.1 Å². The van der Waals surface area contributed by atoms with E-state index in [0.717, 1.165) is 0 Å². The van der Waals surface area contributed by atoms with E-state index in [-0.39, 0.29) is 16.9 Å². The minimum absolute atomic E-state index is 0.0353. The van der Waals surface area contributed by atoms with E-state index in [1.54, 1.807) is 13.0 Å². The fourth-order valence-electron chi connectivity index (χ4n) is 1.48. The van der Waals surface area contributed by atoms with Crippen molar-refractivity contribution in [2.24, 2.45) is 5.73 Å². The summed E-state index contributed by atoms with van der Waals surface area (Å²) in [7, 11) is 0. The van der Waals surface area contributed by atoms with Gasteiger partial charge in [0, 0.05) is 11.1 Å². The first-order valence-corrected chi connectivity index (χ1v) is 4.52. The lowest BCUT2D eigenvalue weighted by Gasteiger charge is -2.05. The van der Waals surface area contributed by atoms with Crippen LogP contribution in [0.3, 0.4) is 0 Å². The summed E-state index contributed by atoms with van der Waals surface area (Å²) in [4.78, 5) is 18.4. The topological polar surface area (TPSA) is 94.9 Å². The lowest BCUT2D eigenvalue weighted by molar-refractivity contribution is 0.100. The average molecular weight is 220 g/mol. The number of halogens is 1. The van der Waals surface area contributed by atoms with Crippen molar-refractivity contribution in [3.63, 3.8) is 0 Å². The molecule has 2 rings (SSSR count). The van der Waals surface area contributed by atoms with Crippen LogP contribution in [0.15, 0.2) is 12.1 Å². The zero-order chi connectivity index (χ0) is 11.9. The molecule has 16 heavy (non-hydrogen) atoms. The number of anilines is 1. The largest absolute Gasteiger partial charge is 0.383 e. The van der Waals surface area contributed by atoms with E-state index in [4.69, 9.17) is 11.5 Å². The zero-order valence-electron chi connectivity index (χ0n) is 8.49. The van der Waals surface area contributed by atoms with Crippen LogP contribution in [0.25, 0.3) is 10.9 Å². The monoisotopic (exact) mass is 220 g/mol. The molecule has 0 unspecified atom stereocenters. The summed E-state index contributed by atoms with van der Waals surface area (Å²) in [5.41, 5.74) is 11.2. The SMILES string of the molecule is Cc1cc2cc(C(N)=O)c(N)nc2c(F)n1. The van der Waals surface area contributed by atoms with E-state index >= 15 is 0 Å². The minimum atomic E-state index is -0.710. The first-order chi connectivity index (χ1) is 7.49. The predicted octanol–water partition coefficient (Wildman–Crippen LogP) is 0.758. The highest BCUT2D eigenvalue weighted by molar-refractivity contribution is 6.00. The molecule has 4 N–H and O–H groups in total. The Kier molecular flexibility index (Phi) is 2.19. The Hall–Kier alpha value is -2.24. The van der Waals surface area contributed by atoms with Gasteiger partial charge in [-0.25, -0.2) is 9.97 Å². The second-order valence-corrected chi connectivity index (χ2v) is 3.41. The van der Waals surface area contributed by atoms with E-state index in [1.165, 1.54) is 6.07 Å². The van der Waals surface area contributed by atoms with Gasteiger partial charge in [-0.1, -0.05) is 0 Å². The van der Waals surface area contributed by atoms with Crippen LogP contribution in [0.4, 0.5) is 10.2 Å². The fraction of sp³-hybridized carbons (Fsp3) is 0.100. The minimum Gasteiger partial charge on any atom is -0.383 e. The van der Waals surface area contributed by atoms with Gasteiger partial charge in [-0.05, 0) is 19.1 Å². The summed E-state index contributed by atoms with van der Waals surface area (Å²) in [6.07, 6.45) is 0. The summed E-state index contributed by atoms with van der Waals surface area (Å²) in [6.45, 7) is 1.64. The van der Waals surface area contributed by atoms with Gasteiger partial charge in [0.2, 0.25) is 5.95 Å². The molecular weight excluding hydrogens is 211 g/mol. The molecular formula is C10H9FN4O. The van der Waals surface area contributed by atoms with E-state index in [1.807, 2.05) is 0 Å². The van der Waals surface area contributed by atoms with Gasteiger partial charge in [-0.3, -0.25) is 4.79 Å². The lowest BCUT2D eigenvalue weighted by atomic mass is 10.1. The highest BCUT2D eigenvalue weighted by Crippen LogP contribution is 2.20. The summed E-state index contributed by atoms with van der Waals surface area (Å²) >= 11 is 0. The third-order valence-electron chi connectivity index (χ3n) is 2.18. The van der Waals surface area contributed by atoms with Crippen molar-refractivity contribution in [2.45, 2.75) is 6.92 Å². The molecule has 0 aliphatic rings. The number of nitrogen functional groups attached to an aromatic ring is 1. The first-order valence-electron chi connectivity index (χ1n) is 4.52. The summed E-state index contributed by atoms with van der Waals surface area (Å²) in [5.74, 6) is -1.50. The van der Waals surface area contributed by atoms with Crippen LogP contribution >= 0.6 is 0 Å². The highest BCUT2D eigenvalue weighted by Gasteiger charge is 2.12. The predicted molar refractivity (Wildman–Crippen MR) is 57.2 cm³/mol. The highest BCUT2D eigenvalue weighted by atomic mass is 19.1. The molecule has 0 saturated carbocycles. The molecule has 0 atom stereocenters. The Morgan fingerprint density at radius 1 is 1.38 bits per heavy atom. The Bertz CT molecular complexity index is 597. The van der Waals surface area contributed by atoms with Crippen LogP contribution in [-0.4, -0.2) is 15.9 Å². The van der Waals surface area contributed by atoms with Crippen molar-refractivity contribution >= 4 is 22.6 Å².